The fraction of sp³-hybridized carbons (Fsp3) is 0.179. The molecule has 10 nitrogen and oxygen atoms in total. The van der Waals surface area contributed by atoms with Crippen LogP contribution in [-0.2, 0) is 4.79 Å². The molecule has 3 aromatic rings. The third kappa shape index (κ3) is 6.61. The molecule has 196 valence electrons. The molecule has 0 fully saturated rings. The molecule has 3 aromatic carbocycles. The Bertz CT molecular complexity index is 1400. The summed E-state index contributed by atoms with van der Waals surface area (Å²) in [6.07, 6.45) is 0.213. The van der Waals surface area contributed by atoms with E-state index in [0.29, 0.717) is 16.8 Å². The van der Waals surface area contributed by atoms with E-state index in [-0.39, 0.29) is 40.4 Å². The van der Waals surface area contributed by atoms with E-state index in [1.807, 2.05) is 13.8 Å². The van der Waals surface area contributed by atoms with Crippen molar-refractivity contribution >= 4 is 35.3 Å². The van der Waals surface area contributed by atoms with Gasteiger partial charge in [0, 0.05) is 22.4 Å². The maximum atomic E-state index is 13.1. The SMILES string of the molecule is CC(C)CC(NC(=O)c1ccc(-c2ccccc2C(=O)Nc2ccc(C(=N)N)cc2)c(C(=O)O)c1)C(=O)O. The normalized spacial score (nSPS) is 11.4. The highest BCUT2D eigenvalue weighted by molar-refractivity contribution is 6.11. The van der Waals surface area contributed by atoms with Crippen molar-refractivity contribution in [1.29, 1.82) is 5.41 Å². The van der Waals surface area contributed by atoms with Crippen LogP contribution in [0.3, 0.4) is 0 Å². The summed E-state index contributed by atoms with van der Waals surface area (Å²) < 4.78 is 0. The van der Waals surface area contributed by atoms with Crippen molar-refractivity contribution in [2.24, 2.45) is 11.7 Å². The lowest BCUT2D eigenvalue weighted by Gasteiger charge is -2.17. The zero-order chi connectivity index (χ0) is 28.0. The number of aliphatic carboxylic acids is 1. The topological polar surface area (TPSA) is 183 Å². The molecule has 0 aromatic heterocycles. The quantitative estimate of drug-likeness (QED) is 0.175. The Hall–Kier alpha value is -4.99. The van der Waals surface area contributed by atoms with E-state index in [1.54, 1.807) is 48.5 Å². The zero-order valence-electron chi connectivity index (χ0n) is 20.8. The predicted molar refractivity (Wildman–Crippen MR) is 143 cm³/mol. The number of benzene rings is 3. The summed E-state index contributed by atoms with van der Waals surface area (Å²) in [5, 5.41) is 32.0. The number of hydrogen-bond acceptors (Lipinski definition) is 5. The molecule has 0 aliphatic heterocycles. The number of carboxylic acids is 2. The monoisotopic (exact) mass is 516 g/mol. The summed E-state index contributed by atoms with van der Waals surface area (Å²) in [5.74, 6) is -3.80. The van der Waals surface area contributed by atoms with Gasteiger partial charge in [0.05, 0.1) is 5.56 Å². The number of rotatable bonds is 10. The molecule has 38 heavy (non-hydrogen) atoms. The molecule has 10 heteroatoms. The van der Waals surface area contributed by atoms with E-state index in [9.17, 15) is 29.4 Å². The average molecular weight is 517 g/mol. The van der Waals surface area contributed by atoms with Gasteiger partial charge in [0.15, 0.2) is 0 Å². The van der Waals surface area contributed by atoms with Gasteiger partial charge in [0.25, 0.3) is 11.8 Å². The highest BCUT2D eigenvalue weighted by Crippen LogP contribution is 2.29. The van der Waals surface area contributed by atoms with E-state index in [0.717, 1.165) is 6.07 Å². The third-order valence-electron chi connectivity index (χ3n) is 5.74. The number of nitrogen functional groups attached to an aromatic ring is 1. The van der Waals surface area contributed by atoms with Crippen LogP contribution < -0.4 is 16.4 Å². The highest BCUT2D eigenvalue weighted by atomic mass is 16.4. The van der Waals surface area contributed by atoms with Crippen molar-refractivity contribution in [2.45, 2.75) is 26.3 Å². The molecule has 2 amide bonds. The van der Waals surface area contributed by atoms with Crippen LogP contribution in [0.4, 0.5) is 5.69 Å². The van der Waals surface area contributed by atoms with Crippen LogP contribution in [0.1, 0.15) is 56.9 Å². The molecule has 7 N–H and O–H groups in total. The molecule has 0 bridgehead atoms. The van der Waals surface area contributed by atoms with E-state index in [1.165, 1.54) is 12.1 Å². The van der Waals surface area contributed by atoms with Crippen LogP contribution in [0.25, 0.3) is 11.1 Å². The molecule has 0 saturated heterocycles. The van der Waals surface area contributed by atoms with E-state index in [2.05, 4.69) is 10.6 Å². The maximum Gasteiger partial charge on any atom is 0.336 e. The van der Waals surface area contributed by atoms with E-state index < -0.39 is 29.8 Å². The van der Waals surface area contributed by atoms with Crippen molar-refractivity contribution in [3.63, 3.8) is 0 Å². The molecule has 3 rings (SSSR count). The number of carboxylic acid groups (broad SMARTS) is 2. The second kappa shape index (κ2) is 11.8. The second-order valence-electron chi connectivity index (χ2n) is 9.05. The van der Waals surface area contributed by atoms with E-state index >= 15 is 0 Å². The van der Waals surface area contributed by atoms with E-state index in [4.69, 9.17) is 11.1 Å². The summed E-state index contributed by atoms with van der Waals surface area (Å²) in [4.78, 5) is 49.6. The molecule has 0 radical (unpaired) electrons. The summed E-state index contributed by atoms with van der Waals surface area (Å²) >= 11 is 0. The van der Waals surface area contributed by atoms with Crippen molar-refractivity contribution < 1.29 is 29.4 Å². The van der Waals surface area contributed by atoms with Crippen molar-refractivity contribution in [3.8, 4) is 11.1 Å². The lowest BCUT2D eigenvalue weighted by molar-refractivity contribution is -0.139. The minimum Gasteiger partial charge on any atom is -0.480 e. The Kier molecular flexibility index (Phi) is 8.59. The van der Waals surface area contributed by atoms with Crippen molar-refractivity contribution in [2.75, 3.05) is 5.32 Å². The molecular formula is C28H28N4O6. The molecule has 0 spiro atoms. The summed E-state index contributed by atoms with van der Waals surface area (Å²) in [7, 11) is 0. The second-order valence-corrected chi connectivity index (χ2v) is 9.05. The van der Waals surface area contributed by atoms with Gasteiger partial charge in [0.2, 0.25) is 0 Å². The first-order chi connectivity index (χ1) is 18.0. The molecule has 0 aliphatic carbocycles. The number of carbonyl (C=O) groups is 4. The van der Waals surface area contributed by atoms with Gasteiger partial charge in [-0.25, -0.2) is 9.59 Å². The molecule has 0 aliphatic rings. The number of anilines is 1. The van der Waals surface area contributed by atoms with Gasteiger partial charge in [0.1, 0.15) is 11.9 Å². The Morgan fingerprint density at radius 2 is 1.45 bits per heavy atom. The standard InChI is InChI=1S/C28H28N4O6/c1-15(2)13-23(28(37)38)32-25(33)17-9-12-20(22(14-17)27(35)36)19-5-3-4-6-21(19)26(34)31-18-10-7-16(8-11-18)24(29)30/h3-12,14-15,23H,13H2,1-2H3,(H3,29,30)(H,31,34)(H,32,33)(H,35,36)(H,37,38). The van der Waals surface area contributed by atoms with Crippen LogP contribution in [0, 0.1) is 11.3 Å². The van der Waals surface area contributed by atoms with Crippen LogP contribution in [0.5, 0.6) is 0 Å². The Balaban J connectivity index is 1.94. The first kappa shape index (κ1) is 27.6. The highest BCUT2D eigenvalue weighted by Gasteiger charge is 2.24. The number of hydrogen-bond donors (Lipinski definition) is 6. The number of carbonyl (C=O) groups excluding carboxylic acids is 2. The Labute approximate surface area is 219 Å². The van der Waals surface area contributed by atoms with Gasteiger partial charge in [-0.3, -0.25) is 15.0 Å². The molecule has 1 unspecified atom stereocenters. The Morgan fingerprint density at radius 1 is 0.842 bits per heavy atom. The lowest BCUT2D eigenvalue weighted by atomic mass is 9.93. The molecule has 1 atom stereocenters. The molecule has 0 heterocycles. The van der Waals surface area contributed by atoms with Crippen molar-refractivity contribution in [3.05, 3.63) is 89.0 Å². The van der Waals surface area contributed by atoms with Crippen LogP contribution in [-0.4, -0.2) is 45.8 Å². The number of aromatic carboxylic acids is 1. The maximum absolute atomic E-state index is 13.1. The number of amides is 2. The number of nitrogens with one attached hydrogen (secondary N) is 3. The van der Waals surface area contributed by atoms with Crippen LogP contribution >= 0.6 is 0 Å². The summed E-state index contributed by atoms with van der Waals surface area (Å²) in [6.45, 7) is 3.66. The summed E-state index contributed by atoms with van der Waals surface area (Å²) in [5.41, 5.74) is 6.91. The smallest absolute Gasteiger partial charge is 0.336 e. The first-order valence-electron chi connectivity index (χ1n) is 11.7. The van der Waals surface area contributed by atoms with Crippen LogP contribution in [0.15, 0.2) is 66.7 Å². The van der Waals surface area contributed by atoms with Gasteiger partial charge in [-0.1, -0.05) is 38.1 Å². The number of nitrogens with two attached hydrogens (primary N) is 1. The third-order valence-corrected chi connectivity index (χ3v) is 5.74. The summed E-state index contributed by atoms with van der Waals surface area (Å²) in [6, 6.07) is 15.7. The minimum absolute atomic E-state index is 0.0167. The Morgan fingerprint density at radius 3 is 2.03 bits per heavy atom. The fourth-order valence-corrected chi connectivity index (χ4v) is 3.88. The van der Waals surface area contributed by atoms with Gasteiger partial charge in [-0.05, 0) is 65.9 Å². The lowest BCUT2D eigenvalue weighted by Crippen LogP contribution is -2.41. The van der Waals surface area contributed by atoms with Crippen LogP contribution in [0.2, 0.25) is 0 Å². The van der Waals surface area contributed by atoms with Gasteiger partial charge in [-0.15, -0.1) is 0 Å². The van der Waals surface area contributed by atoms with Gasteiger partial charge in [-0.2, -0.15) is 0 Å². The zero-order valence-corrected chi connectivity index (χ0v) is 20.8. The van der Waals surface area contributed by atoms with Gasteiger partial charge >= 0.3 is 11.9 Å². The number of amidine groups is 1. The first-order valence-corrected chi connectivity index (χ1v) is 11.7. The fourth-order valence-electron chi connectivity index (χ4n) is 3.88. The molecule has 0 saturated carbocycles. The average Bonchev–Trinajstić information content (AvgIpc) is 2.87. The van der Waals surface area contributed by atoms with Gasteiger partial charge < -0.3 is 26.6 Å². The largest absolute Gasteiger partial charge is 0.480 e. The molecular weight excluding hydrogens is 488 g/mol. The predicted octanol–water partition coefficient (Wildman–Crippen LogP) is 3.82. The minimum atomic E-state index is -1.32. The van der Waals surface area contributed by atoms with Crippen molar-refractivity contribution in [1.82, 2.24) is 5.32 Å².